The van der Waals surface area contributed by atoms with Crippen LogP contribution in [-0.4, -0.2) is 22.7 Å². The zero-order valence-electron chi connectivity index (χ0n) is 13.3. The molecule has 1 fully saturated rings. The second kappa shape index (κ2) is 11.9. The van der Waals surface area contributed by atoms with E-state index in [9.17, 15) is 4.79 Å². The summed E-state index contributed by atoms with van der Waals surface area (Å²) in [6, 6.07) is 0. The second-order valence-corrected chi connectivity index (χ2v) is 8.47. The predicted molar refractivity (Wildman–Crippen MR) is 96.3 cm³/mol. The molecule has 0 aliphatic heterocycles. The van der Waals surface area contributed by atoms with Gasteiger partial charge in [0.15, 0.2) is 0 Å². The third-order valence-electron chi connectivity index (χ3n) is 4.54. The van der Waals surface area contributed by atoms with Crippen molar-refractivity contribution in [2.75, 3.05) is 7.11 Å². The maximum absolute atomic E-state index is 10.9. The largest absolute Gasteiger partial charge is 0.469 e. The number of carbonyl (C=O) groups is 1. The lowest BCUT2D eigenvalue weighted by atomic mass is 9.98. The minimum Gasteiger partial charge on any atom is -0.469 e. The molecule has 4 heteroatoms. The Morgan fingerprint density at radius 3 is 2.05 bits per heavy atom. The third-order valence-corrected chi connectivity index (χ3v) is 7.67. The summed E-state index contributed by atoms with van der Waals surface area (Å²) < 4.78 is 4.63. The summed E-state index contributed by atoms with van der Waals surface area (Å²) in [6.07, 6.45) is 14.9. The van der Waals surface area contributed by atoms with Crippen LogP contribution in [0.15, 0.2) is 0 Å². The lowest BCUT2D eigenvalue weighted by Crippen LogP contribution is -2.13. The monoisotopic (exact) mass is 424 g/mol. The molecule has 0 radical (unpaired) electrons. The summed E-state index contributed by atoms with van der Waals surface area (Å²) in [6.45, 7) is 0. The van der Waals surface area contributed by atoms with Crippen molar-refractivity contribution in [3.05, 3.63) is 0 Å². The Labute approximate surface area is 147 Å². The molecule has 0 bridgehead atoms. The molecule has 21 heavy (non-hydrogen) atoms. The van der Waals surface area contributed by atoms with Crippen molar-refractivity contribution < 1.29 is 9.53 Å². The SMILES string of the molecule is COC(=O)CCCCCCCCCCC1CC[C@@H](Br)[C@@H]1Br. The smallest absolute Gasteiger partial charge is 0.305 e. The number of alkyl halides is 2. The Morgan fingerprint density at radius 2 is 1.52 bits per heavy atom. The Morgan fingerprint density at radius 1 is 0.952 bits per heavy atom. The van der Waals surface area contributed by atoms with Crippen molar-refractivity contribution >= 4 is 37.8 Å². The van der Waals surface area contributed by atoms with E-state index in [4.69, 9.17) is 0 Å². The Bertz CT molecular complexity index is 284. The lowest BCUT2D eigenvalue weighted by Gasteiger charge is -2.15. The molecule has 1 unspecified atom stereocenters. The van der Waals surface area contributed by atoms with E-state index in [0.29, 0.717) is 16.1 Å². The van der Waals surface area contributed by atoms with Gasteiger partial charge < -0.3 is 4.74 Å². The Hall–Kier alpha value is 0.430. The molecule has 1 aliphatic rings. The average molecular weight is 426 g/mol. The topological polar surface area (TPSA) is 26.3 Å². The predicted octanol–water partition coefficient (Wildman–Crippen LogP) is 6.00. The van der Waals surface area contributed by atoms with Gasteiger partial charge in [-0.15, -0.1) is 0 Å². The van der Waals surface area contributed by atoms with Gasteiger partial charge in [-0.2, -0.15) is 0 Å². The van der Waals surface area contributed by atoms with Crippen LogP contribution in [0.2, 0.25) is 0 Å². The van der Waals surface area contributed by atoms with E-state index in [1.54, 1.807) is 0 Å². The van der Waals surface area contributed by atoms with Crippen molar-refractivity contribution in [2.45, 2.75) is 86.7 Å². The minimum atomic E-state index is -0.0715. The summed E-state index contributed by atoms with van der Waals surface area (Å²) in [7, 11) is 1.46. The highest BCUT2D eigenvalue weighted by atomic mass is 79.9. The van der Waals surface area contributed by atoms with Gasteiger partial charge in [0.2, 0.25) is 0 Å². The van der Waals surface area contributed by atoms with Gasteiger partial charge in [-0.1, -0.05) is 76.8 Å². The number of unbranched alkanes of at least 4 members (excludes halogenated alkanes) is 7. The normalized spacial score (nSPS) is 25.2. The number of hydrogen-bond acceptors (Lipinski definition) is 2. The van der Waals surface area contributed by atoms with Gasteiger partial charge >= 0.3 is 5.97 Å². The number of ether oxygens (including phenoxy) is 1. The van der Waals surface area contributed by atoms with E-state index in [2.05, 4.69) is 36.6 Å². The van der Waals surface area contributed by atoms with Crippen molar-refractivity contribution in [1.29, 1.82) is 0 Å². The summed E-state index contributed by atoms with van der Waals surface area (Å²) in [4.78, 5) is 12.3. The van der Waals surface area contributed by atoms with E-state index in [0.717, 1.165) is 18.8 Å². The summed E-state index contributed by atoms with van der Waals surface area (Å²) in [5.74, 6) is 0.811. The highest BCUT2D eigenvalue weighted by molar-refractivity contribution is 9.12. The molecule has 124 valence electrons. The summed E-state index contributed by atoms with van der Waals surface area (Å²) in [5, 5.41) is 0. The molecule has 0 aromatic carbocycles. The van der Waals surface area contributed by atoms with Crippen LogP contribution in [0.25, 0.3) is 0 Å². The molecular weight excluding hydrogens is 396 g/mol. The molecule has 0 aromatic rings. The number of esters is 1. The first-order chi connectivity index (χ1) is 10.1. The average Bonchev–Trinajstić information content (AvgIpc) is 2.80. The number of hydrogen-bond donors (Lipinski definition) is 0. The Kier molecular flexibility index (Phi) is 11.1. The molecule has 1 rings (SSSR count). The molecule has 0 spiro atoms. The molecule has 0 N–H and O–H groups in total. The summed E-state index contributed by atoms with van der Waals surface area (Å²) in [5.41, 5.74) is 0. The van der Waals surface area contributed by atoms with Gasteiger partial charge in [0.25, 0.3) is 0 Å². The van der Waals surface area contributed by atoms with Gasteiger partial charge in [0.1, 0.15) is 0 Å². The molecule has 1 saturated carbocycles. The van der Waals surface area contributed by atoms with Crippen LogP contribution in [0.1, 0.15) is 77.0 Å². The molecule has 0 heterocycles. The van der Waals surface area contributed by atoms with Crippen LogP contribution in [0.4, 0.5) is 0 Å². The minimum absolute atomic E-state index is 0.0715. The first-order valence-electron chi connectivity index (χ1n) is 8.50. The maximum Gasteiger partial charge on any atom is 0.305 e. The van der Waals surface area contributed by atoms with Crippen molar-refractivity contribution in [3.8, 4) is 0 Å². The number of methoxy groups -OCH3 is 1. The van der Waals surface area contributed by atoms with Crippen LogP contribution in [0.5, 0.6) is 0 Å². The first-order valence-corrected chi connectivity index (χ1v) is 10.3. The number of carbonyl (C=O) groups excluding carboxylic acids is 1. The van der Waals surface area contributed by atoms with Crippen LogP contribution in [0.3, 0.4) is 0 Å². The van der Waals surface area contributed by atoms with Crippen molar-refractivity contribution in [3.63, 3.8) is 0 Å². The molecule has 0 aromatic heterocycles. The maximum atomic E-state index is 10.9. The summed E-state index contributed by atoms with van der Waals surface area (Å²) >= 11 is 7.57. The molecule has 3 atom stereocenters. The molecular formula is C17H30Br2O2. The molecule has 1 aliphatic carbocycles. The zero-order valence-corrected chi connectivity index (χ0v) is 16.5. The zero-order chi connectivity index (χ0) is 15.5. The van der Waals surface area contributed by atoms with E-state index in [1.807, 2.05) is 0 Å². The fourth-order valence-corrected chi connectivity index (χ4v) is 4.62. The molecule has 0 amide bonds. The van der Waals surface area contributed by atoms with Crippen LogP contribution in [-0.2, 0) is 9.53 Å². The van der Waals surface area contributed by atoms with E-state index in [-0.39, 0.29) is 5.97 Å². The van der Waals surface area contributed by atoms with Gasteiger partial charge in [-0.05, 0) is 31.6 Å². The highest BCUT2D eigenvalue weighted by Gasteiger charge is 2.31. The fraction of sp³-hybridized carbons (Fsp3) is 0.941. The number of rotatable bonds is 11. The Balaban J connectivity index is 1.82. The third kappa shape index (κ3) is 8.59. The van der Waals surface area contributed by atoms with Crippen molar-refractivity contribution in [2.24, 2.45) is 5.92 Å². The fourth-order valence-electron chi connectivity index (χ4n) is 3.13. The quantitative estimate of drug-likeness (QED) is 0.230. The van der Waals surface area contributed by atoms with E-state index in [1.165, 1.54) is 64.9 Å². The van der Waals surface area contributed by atoms with E-state index < -0.39 is 0 Å². The first kappa shape index (κ1) is 19.5. The van der Waals surface area contributed by atoms with Gasteiger partial charge in [0.05, 0.1) is 7.11 Å². The van der Waals surface area contributed by atoms with Crippen molar-refractivity contribution in [1.82, 2.24) is 0 Å². The lowest BCUT2D eigenvalue weighted by molar-refractivity contribution is -0.140. The van der Waals surface area contributed by atoms with Gasteiger partial charge in [-0.3, -0.25) is 4.79 Å². The van der Waals surface area contributed by atoms with E-state index >= 15 is 0 Å². The standard InChI is InChI=1S/C17H30Br2O2/c1-21-16(20)11-9-7-5-3-2-4-6-8-10-14-12-13-15(18)17(14)19/h14-15,17H,2-13H2,1H3/t14?,15-,17-/m1/s1. The van der Waals surface area contributed by atoms with Crippen LogP contribution < -0.4 is 0 Å². The van der Waals surface area contributed by atoms with Gasteiger partial charge in [0, 0.05) is 16.1 Å². The highest BCUT2D eigenvalue weighted by Crippen LogP contribution is 2.39. The number of halogens is 2. The van der Waals surface area contributed by atoms with Gasteiger partial charge in [-0.25, -0.2) is 0 Å². The second-order valence-electron chi connectivity index (χ2n) is 6.24. The van der Waals surface area contributed by atoms with Crippen LogP contribution in [0, 0.1) is 5.92 Å². The van der Waals surface area contributed by atoms with Crippen LogP contribution >= 0.6 is 31.9 Å². The molecule has 2 nitrogen and oxygen atoms in total. The molecule has 0 saturated heterocycles.